The Morgan fingerprint density at radius 1 is 1.15 bits per heavy atom. The highest BCUT2D eigenvalue weighted by Gasteiger charge is 2.62. The van der Waals surface area contributed by atoms with Crippen LogP contribution in [-0.4, -0.2) is 31.5 Å². The zero-order chi connectivity index (χ0) is 23.6. The summed E-state index contributed by atoms with van der Waals surface area (Å²) in [6.07, 6.45) is 6.55. The number of alkyl halides is 3. The third-order valence-corrected chi connectivity index (χ3v) is 7.12. The maximum atomic E-state index is 13.0. The highest BCUT2D eigenvalue weighted by Crippen LogP contribution is 2.61. The first-order chi connectivity index (χ1) is 16.4. The van der Waals surface area contributed by atoms with Crippen LogP contribution in [0.15, 0.2) is 86.8 Å². The molecule has 34 heavy (non-hydrogen) atoms. The third kappa shape index (κ3) is 2.87. The summed E-state index contributed by atoms with van der Waals surface area (Å²) in [4.78, 5) is 9.67. The monoisotopic (exact) mass is 466 g/mol. The van der Waals surface area contributed by atoms with Gasteiger partial charge in [-0.3, -0.25) is 4.99 Å². The van der Waals surface area contributed by atoms with Gasteiger partial charge in [0.1, 0.15) is 17.3 Å². The molecule has 174 valence electrons. The van der Waals surface area contributed by atoms with Gasteiger partial charge in [-0.1, -0.05) is 42.5 Å². The normalized spacial score (nSPS) is 28.9. The summed E-state index contributed by atoms with van der Waals surface area (Å²) in [5, 5.41) is 0. The van der Waals surface area contributed by atoms with Gasteiger partial charge in [-0.2, -0.15) is 18.2 Å². The molecular weight excluding hydrogens is 445 g/mol. The second-order valence-corrected chi connectivity index (χ2v) is 8.88. The maximum absolute atomic E-state index is 13.0. The molecule has 1 aliphatic carbocycles. The molecule has 3 aliphatic heterocycles. The van der Waals surface area contributed by atoms with Crippen molar-refractivity contribution in [2.75, 3.05) is 13.7 Å². The summed E-state index contributed by atoms with van der Waals surface area (Å²) in [6, 6.07) is 9.88. The van der Waals surface area contributed by atoms with Crippen LogP contribution in [0.3, 0.4) is 0 Å². The lowest BCUT2D eigenvalue weighted by atomic mass is 9.52. The Bertz CT molecular complexity index is 1320. The van der Waals surface area contributed by atoms with E-state index in [1.54, 1.807) is 7.11 Å². The average molecular weight is 466 g/mol. The molecule has 2 aromatic rings. The first-order valence-corrected chi connectivity index (χ1v) is 11.0. The molecule has 4 heterocycles. The molecule has 1 aromatic carbocycles. The molecule has 0 N–H and O–H groups in total. The number of fused-ring (bicyclic) bond motifs is 2. The SMILES string of the molecule is COC1=NC2=NC(Cc3ccc(C(F)(F)F)o3)C=C3C=CCC4(COc5ccccc54)C32C=C1. The number of furan rings is 1. The fourth-order valence-electron chi connectivity index (χ4n) is 5.60. The molecule has 3 unspecified atom stereocenters. The van der Waals surface area contributed by atoms with Gasteiger partial charge in [0.05, 0.1) is 30.6 Å². The smallest absolute Gasteiger partial charge is 0.449 e. The third-order valence-electron chi connectivity index (χ3n) is 7.12. The van der Waals surface area contributed by atoms with E-state index in [4.69, 9.17) is 23.9 Å². The molecule has 0 bridgehead atoms. The number of rotatable bonds is 2. The number of allylic oxidation sites excluding steroid dienone is 2. The summed E-state index contributed by atoms with van der Waals surface area (Å²) in [5.74, 6) is 1.06. The number of methoxy groups -OCH3 is 1. The van der Waals surface area contributed by atoms with Crippen LogP contribution in [0.4, 0.5) is 13.2 Å². The van der Waals surface area contributed by atoms with E-state index in [2.05, 4.69) is 24.3 Å². The summed E-state index contributed by atoms with van der Waals surface area (Å²) in [7, 11) is 1.55. The number of nitrogens with zero attached hydrogens (tertiary/aromatic N) is 2. The van der Waals surface area contributed by atoms with Crippen LogP contribution in [0.2, 0.25) is 0 Å². The number of para-hydroxylation sites is 1. The van der Waals surface area contributed by atoms with Crippen molar-refractivity contribution in [3.8, 4) is 5.75 Å². The molecular formula is C26H21F3N2O3. The number of halogens is 3. The average Bonchev–Trinajstić information content (AvgIpc) is 3.44. The minimum atomic E-state index is -4.52. The number of hydrogen-bond donors (Lipinski definition) is 0. The lowest BCUT2D eigenvalue weighted by Crippen LogP contribution is -2.55. The van der Waals surface area contributed by atoms with E-state index in [9.17, 15) is 13.2 Å². The van der Waals surface area contributed by atoms with Crippen molar-refractivity contribution in [2.45, 2.75) is 30.5 Å². The number of amidine groups is 1. The molecule has 0 amide bonds. The lowest BCUT2D eigenvalue weighted by Gasteiger charge is -2.51. The molecule has 4 aliphatic rings. The first-order valence-electron chi connectivity index (χ1n) is 11.0. The predicted octanol–water partition coefficient (Wildman–Crippen LogP) is 5.44. The van der Waals surface area contributed by atoms with Crippen molar-refractivity contribution in [3.05, 3.63) is 89.4 Å². The Morgan fingerprint density at radius 3 is 2.79 bits per heavy atom. The van der Waals surface area contributed by atoms with E-state index in [1.165, 1.54) is 6.07 Å². The minimum absolute atomic E-state index is 0.189. The van der Waals surface area contributed by atoms with Gasteiger partial charge in [-0.15, -0.1) is 0 Å². The zero-order valence-corrected chi connectivity index (χ0v) is 18.3. The van der Waals surface area contributed by atoms with Gasteiger partial charge in [-0.05, 0) is 36.3 Å². The van der Waals surface area contributed by atoms with Crippen molar-refractivity contribution in [1.82, 2.24) is 0 Å². The van der Waals surface area contributed by atoms with Crippen molar-refractivity contribution >= 4 is 11.7 Å². The number of aliphatic imine (C=N–C) groups is 2. The molecule has 2 spiro atoms. The van der Waals surface area contributed by atoms with Crippen LogP contribution >= 0.6 is 0 Å². The molecule has 5 nitrogen and oxygen atoms in total. The molecule has 3 atom stereocenters. The highest BCUT2D eigenvalue weighted by atomic mass is 19.4. The number of hydrogen-bond acceptors (Lipinski definition) is 5. The Hall–Kier alpha value is -3.55. The van der Waals surface area contributed by atoms with Crippen molar-refractivity contribution in [1.29, 1.82) is 0 Å². The van der Waals surface area contributed by atoms with Crippen LogP contribution in [0.1, 0.15) is 23.5 Å². The topological polar surface area (TPSA) is 56.3 Å². The summed E-state index contributed by atoms with van der Waals surface area (Å²) >= 11 is 0. The summed E-state index contributed by atoms with van der Waals surface area (Å²) < 4.78 is 55.6. The molecule has 0 radical (unpaired) electrons. The fourth-order valence-corrected chi connectivity index (χ4v) is 5.60. The summed E-state index contributed by atoms with van der Waals surface area (Å²) in [5.41, 5.74) is 0.971. The van der Waals surface area contributed by atoms with Gasteiger partial charge in [0.25, 0.3) is 0 Å². The number of benzene rings is 1. The number of dihydropyridines is 2. The summed E-state index contributed by atoms with van der Waals surface area (Å²) in [6.45, 7) is 0.465. The van der Waals surface area contributed by atoms with E-state index >= 15 is 0 Å². The van der Waals surface area contributed by atoms with Crippen LogP contribution < -0.4 is 4.74 Å². The number of ether oxygens (including phenoxy) is 2. The Kier molecular flexibility index (Phi) is 4.46. The Morgan fingerprint density at radius 2 is 2.00 bits per heavy atom. The van der Waals surface area contributed by atoms with Gasteiger partial charge in [0.2, 0.25) is 11.7 Å². The second kappa shape index (κ2) is 7.22. The van der Waals surface area contributed by atoms with E-state index < -0.39 is 28.8 Å². The Labute approximate surface area is 194 Å². The Balaban J connectivity index is 1.46. The first kappa shape index (κ1) is 21.0. The molecule has 0 saturated heterocycles. The van der Waals surface area contributed by atoms with Gasteiger partial charge in [0, 0.05) is 12.0 Å². The van der Waals surface area contributed by atoms with Crippen molar-refractivity contribution in [2.24, 2.45) is 15.4 Å². The fraction of sp³-hybridized carbons (Fsp3) is 0.308. The van der Waals surface area contributed by atoms with Crippen LogP contribution in [0, 0.1) is 5.41 Å². The predicted molar refractivity (Wildman–Crippen MR) is 120 cm³/mol. The molecule has 0 fully saturated rings. The maximum Gasteiger partial charge on any atom is 0.449 e. The van der Waals surface area contributed by atoms with Gasteiger partial charge in [-0.25, -0.2) is 0 Å². The lowest BCUT2D eigenvalue weighted by molar-refractivity contribution is -0.153. The standard InChI is InChI=1S/C26H21F3N2O3/c1-32-22-10-12-25-16(5-4-11-24(25)15-33-20-7-3-2-6-19(20)24)13-17(30-23(25)31-22)14-18-8-9-21(34-18)26(27,28)29/h2-10,12-13,17H,11,14-15H2,1H3. The van der Waals surface area contributed by atoms with Crippen molar-refractivity contribution < 1.29 is 27.1 Å². The largest absolute Gasteiger partial charge is 0.492 e. The van der Waals surface area contributed by atoms with Crippen LogP contribution in [-0.2, 0) is 22.7 Å². The molecule has 1 aromatic heterocycles. The van der Waals surface area contributed by atoms with E-state index in [0.717, 1.165) is 29.4 Å². The highest BCUT2D eigenvalue weighted by molar-refractivity contribution is 6.09. The van der Waals surface area contributed by atoms with E-state index in [-0.39, 0.29) is 12.2 Å². The van der Waals surface area contributed by atoms with Gasteiger partial charge in [0.15, 0.2) is 0 Å². The van der Waals surface area contributed by atoms with E-state index in [1.807, 2.05) is 30.4 Å². The molecule has 6 rings (SSSR count). The van der Waals surface area contributed by atoms with E-state index in [0.29, 0.717) is 18.3 Å². The van der Waals surface area contributed by atoms with Crippen LogP contribution in [0.25, 0.3) is 0 Å². The van der Waals surface area contributed by atoms with Gasteiger partial charge >= 0.3 is 6.18 Å². The van der Waals surface area contributed by atoms with Gasteiger partial charge < -0.3 is 13.9 Å². The molecule has 8 heteroatoms. The molecule has 0 saturated carbocycles. The minimum Gasteiger partial charge on any atom is -0.492 e. The zero-order valence-electron chi connectivity index (χ0n) is 18.3. The van der Waals surface area contributed by atoms with Crippen LogP contribution in [0.5, 0.6) is 5.75 Å². The second-order valence-electron chi connectivity index (χ2n) is 8.88. The quantitative estimate of drug-likeness (QED) is 0.592. The van der Waals surface area contributed by atoms with Crippen molar-refractivity contribution in [3.63, 3.8) is 0 Å².